The molecule has 1 amide bonds. The molecule has 0 saturated heterocycles. The van der Waals surface area contributed by atoms with Gasteiger partial charge in [-0.2, -0.15) is 0 Å². The molecule has 0 radical (unpaired) electrons. The fourth-order valence-electron chi connectivity index (χ4n) is 2.29. The van der Waals surface area contributed by atoms with Crippen LogP contribution in [0.2, 0.25) is 0 Å². The van der Waals surface area contributed by atoms with Gasteiger partial charge in [-0.05, 0) is 6.92 Å². The van der Waals surface area contributed by atoms with E-state index in [1.807, 2.05) is 0 Å². The molecule has 19 heavy (non-hydrogen) atoms. The summed E-state index contributed by atoms with van der Waals surface area (Å²) in [5, 5.41) is 0. The maximum atomic E-state index is 12.3. The number of likely N-dealkylation sites (N-methyl/N-ethyl adjacent to an activating group) is 1. The number of ketones is 3. The molecule has 1 aliphatic carbocycles. The van der Waals surface area contributed by atoms with Crippen molar-refractivity contribution in [2.45, 2.75) is 19.9 Å². The zero-order valence-electron chi connectivity index (χ0n) is 10.7. The highest BCUT2D eigenvalue weighted by Crippen LogP contribution is 2.22. The first-order valence-corrected chi connectivity index (χ1v) is 5.98. The van der Waals surface area contributed by atoms with Gasteiger partial charge in [-0.25, -0.2) is 0 Å². The average Bonchev–Trinajstić information content (AvgIpc) is 2.40. The third-order valence-corrected chi connectivity index (χ3v) is 3.21. The van der Waals surface area contributed by atoms with Crippen molar-refractivity contribution in [2.75, 3.05) is 6.54 Å². The number of fused-ring (bicyclic) bond motifs is 1. The van der Waals surface area contributed by atoms with E-state index in [-0.39, 0.29) is 17.7 Å². The molecule has 0 heterocycles. The van der Waals surface area contributed by atoms with Crippen molar-refractivity contribution in [3.8, 4) is 0 Å². The third-order valence-electron chi connectivity index (χ3n) is 3.21. The van der Waals surface area contributed by atoms with Gasteiger partial charge in [0.25, 0.3) is 0 Å². The Kier molecular flexibility index (Phi) is 3.29. The predicted octanol–water partition coefficient (Wildman–Crippen LogP) is 0.872. The maximum Gasteiger partial charge on any atom is 0.233 e. The Balaban J connectivity index is 2.55. The number of Topliss-reactive ketones (excluding diaryl/α,β-unsaturated/α-hetero) is 3. The standard InChI is InChI=1S/C14H13NO4/c1-3-15(8(2)16)11-12(17)9-6-4-5-7-10(9)13(18)14(11)19/h4-7,11H,3H2,1-2H3. The Morgan fingerprint density at radius 2 is 1.68 bits per heavy atom. The summed E-state index contributed by atoms with van der Waals surface area (Å²) < 4.78 is 0. The summed E-state index contributed by atoms with van der Waals surface area (Å²) in [6.07, 6.45) is 0. The van der Waals surface area contributed by atoms with Crippen LogP contribution in [0.15, 0.2) is 24.3 Å². The second-order valence-electron chi connectivity index (χ2n) is 4.31. The average molecular weight is 259 g/mol. The first-order chi connectivity index (χ1) is 8.99. The number of carbonyl (C=O) groups is 4. The molecule has 1 aromatic rings. The van der Waals surface area contributed by atoms with Gasteiger partial charge < -0.3 is 4.90 Å². The van der Waals surface area contributed by atoms with E-state index in [9.17, 15) is 19.2 Å². The van der Waals surface area contributed by atoms with E-state index in [0.29, 0.717) is 0 Å². The molecule has 5 heteroatoms. The fourth-order valence-corrected chi connectivity index (χ4v) is 2.29. The van der Waals surface area contributed by atoms with Gasteiger partial charge in [0, 0.05) is 24.6 Å². The molecular formula is C14H13NO4. The molecule has 5 nitrogen and oxygen atoms in total. The molecule has 1 aromatic carbocycles. The lowest BCUT2D eigenvalue weighted by Crippen LogP contribution is -2.54. The molecule has 1 unspecified atom stereocenters. The second kappa shape index (κ2) is 4.76. The van der Waals surface area contributed by atoms with Gasteiger partial charge in [-0.3, -0.25) is 19.2 Å². The van der Waals surface area contributed by atoms with Gasteiger partial charge in [0.1, 0.15) is 0 Å². The highest BCUT2D eigenvalue weighted by molar-refractivity contribution is 6.53. The number of hydrogen-bond acceptors (Lipinski definition) is 4. The molecule has 0 N–H and O–H groups in total. The quantitative estimate of drug-likeness (QED) is 0.583. The van der Waals surface area contributed by atoms with E-state index in [0.717, 1.165) is 4.90 Å². The van der Waals surface area contributed by atoms with Gasteiger partial charge in [0.15, 0.2) is 11.8 Å². The van der Waals surface area contributed by atoms with E-state index in [4.69, 9.17) is 0 Å². The van der Waals surface area contributed by atoms with Crippen molar-refractivity contribution >= 4 is 23.3 Å². The van der Waals surface area contributed by atoms with Gasteiger partial charge in [-0.1, -0.05) is 24.3 Å². The van der Waals surface area contributed by atoms with E-state index in [1.54, 1.807) is 19.1 Å². The highest BCUT2D eigenvalue weighted by atomic mass is 16.2. The fraction of sp³-hybridized carbons (Fsp3) is 0.286. The smallest absolute Gasteiger partial charge is 0.233 e. The van der Waals surface area contributed by atoms with E-state index >= 15 is 0 Å². The summed E-state index contributed by atoms with van der Waals surface area (Å²) >= 11 is 0. The van der Waals surface area contributed by atoms with Crippen LogP contribution in [0.3, 0.4) is 0 Å². The zero-order valence-corrected chi connectivity index (χ0v) is 10.7. The number of hydrogen-bond donors (Lipinski definition) is 0. The molecule has 0 aromatic heterocycles. The van der Waals surface area contributed by atoms with Crippen LogP contribution < -0.4 is 0 Å². The topological polar surface area (TPSA) is 71.5 Å². The maximum absolute atomic E-state index is 12.3. The van der Waals surface area contributed by atoms with Crippen LogP contribution in [0, 0.1) is 0 Å². The van der Waals surface area contributed by atoms with Crippen molar-refractivity contribution < 1.29 is 19.2 Å². The largest absolute Gasteiger partial charge is 0.325 e. The Morgan fingerprint density at radius 3 is 2.21 bits per heavy atom. The lowest BCUT2D eigenvalue weighted by Gasteiger charge is -2.30. The summed E-state index contributed by atoms with van der Waals surface area (Å²) in [4.78, 5) is 48.9. The Morgan fingerprint density at radius 1 is 1.11 bits per heavy atom. The van der Waals surface area contributed by atoms with Gasteiger partial charge in [0.05, 0.1) is 0 Å². The first-order valence-electron chi connectivity index (χ1n) is 5.98. The number of benzene rings is 1. The van der Waals surface area contributed by atoms with Crippen LogP contribution in [0.4, 0.5) is 0 Å². The van der Waals surface area contributed by atoms with Crippen molar-refractivity contribution in [3.05, 3.63) is 35.4 Å². The minimum absolute atomic E-state index is 0.119. The predicted molar refractivity (Wildman–Crippen MR) is 67.0 cm³/mol. The Labute approximate surface area is 110 Å². The number of amides is 1. The normalized spacial score (nSPS) is 18.2. The van der Waals surface area contributed by atoms with Crippen molar-refractivity contribution in [3.63, 3.8) is 0 Å². The van der Waals surface area contributed by atoms with Crippen molar-refractivity contribution in [1.82, 2.24) is 4.90 Å². The summed E-state index contributed by atoms with van der Waals surface area (Å²) in [7, 11) is 0. The van der Waals surface area contributed by atoms with Crippen LogP contribution in [0.1, 0.15) is 34.6 Å². The van der Waals surface area contributed by atoms with Gasteiger partial charge in [0.2, 0.25) is 17.5 Å². The summed E-state index contributed by atoms with van der Waals surface area (Å²) in [5.74, 6) is -2.43. The van der Waals surface area contributed by atoms with Crippen LogP contribution in [0.5, 0.6) is 0 Å². The molecule has 1 atom stereocenters. The van der Waals surface area contributed by atoms with Crippen molar-refractivity contribution in [2.24, 2.45) is 0 Å². The van der Waals surface area contributed by atoms with Crippen molar-refractivity contribution in [1.29, 1.82) is 0 Å². The second-order valence-corrected chi connectivity index (χ2v) is 4.31. The van der Waals surface area contributed by atoms with Gasteiger partial charge >= 0.3 is 0 Å². The third kappa shape index (κ3) is 1.97. The summed E-state index contributed by atoms with van der Waals surface area (Å²) in [6.45, 7) is 3.13. The lowest BCUT2D eigenvalue weighted by molar-refractivity contribution is -0.134. The first kappa shape index (κ1) is 13.1. The van der Waals surface area contributed by atoms with E-state index in [2.05, 4.69) is 0 Å². The number of carbonyl (C=O) groups excluding carboxylic acids is 4. The van der Waals surface area contributed by atoms with Gasteiger partial charge in [-0.15, -0.1) is 0 Å². The minimum Gasteiger partial charge on any atom is -0.325 e. The molecule has 0 spiro atoms. The highest BCUT2D eigenvalue weighted by Gasteiger charge is 2.43. The molecule has 1 aliphatic rings. The van der Waals surface area contributed by atoms with E-state index < -0.39 is 29.3 Å². The summed E-state index contributed by atoms with van der Waals surface area (Å²) in [5.41, 5.74) is 0.324. The minimum atomic E-state index is -1.31. The Bertz CT molecular complexity index is 591. The number of rotatable bonds is 2. The zero-order chi connectivity index (χ0) is 14.2. The molecule has 0 fully saturated rings. The lowest BCUT2D eigenvalue weighted by atomic mass is 9.84. The molecule has 0 bridgehead atoms. The van der Waals surface area contributed by atoms with Crippen LogP contribution in [-0.4, -0.2) is 40.7 Å². The number of nitrogens with zero attached hydrogens (tertiary/aromatic N) is 1. The molecular weight excluding hydrogens is 246 g/mol. The summed E-state index contributed by atoms with van der Waals surface area (Å²) in [6, 6.07) is 4.86. The van der Waals surface area contributed by atoms with Crippen LogP contribution >= 0.6 is 0 Å². The molecule has 0 saturated carbocycles. The Hall–Kier alpha value is -2.30. The van der Waals surface area contributed by atoms with Crippen LogP contribution in [-0.2, 0) is 9.59 Å². The molecule has 2 rings (SSSR count). The molecule has 0 aliphatic heterocycles. The molecule has 98 valence electrons. The van der Waals surface area contributed by atoms with Crippen LogP contribution in [0.25, 0.3) is 0 Å². The monoisotopic (exact) mass is 259 g/mol. The van der Waals surface area contributed by atoms with E-state index in [1.165, 1.54) is 19.1 Å². The SMILES string of the molecule is CCN(C(C)=O)C1C(=O)C(=O)c2ccccc2C1=O.